The topological polar surface area (TPSA) is 21.6 Å². The van der Waals surface area contributed by atoms with E-state index in [1.54, 1.807) is 21.6 Å². The second-order valence-corrected chi connectivity index (χ2v) is 8.68. The lowest BCUT2D eigenvalue weighted by Gasteiger charge is -2.07. The van der Waals surface area contributed by atoms with Gasteiger partial charge in [-0.05, 0) is 73.7 Å². The van der Waals surface area contributed by atoms with Gasteiger partial charge in [0.2, 0.25) is 5.90 Å². The molecule has 0 N–H and O–H groups in total. The summed E-state index contributed by atoms with van der Waals surface area (Å²) in [6, 6.07) is 24.6. The smallest absolute Gasteiger partial charge is 0.220 e. The molecule has 0 aliphatic heterocycles. The number of hydrogen-bond donors (Lipinski definition) is 0. The zero-order valence-corrected chi connectivity index (χ0v) is 17.9. The van der Waals surface area contributed by atoms with Crippen molar-refractivity contribution < 1.29 is 4.74 Å². The van der Waals surface area contributed by atoms with Gasteiger partial charge in [-0.3, -0.25) is 0 Å². The Morgan fingerprint density at radius 1 is 0.821 bits per heavy atom. The van der Waals surface area contributed by atoms with E-state index in [9.17, 15) is 0 Å². The van der Waals surface area contributed by atoms with E-state index in [0.717, 1.165) is 17.0 Å². The van der Waals surface area contributed by atoms with Crippen molar-refractivity contribution in [3.8, 4) is 5.75 Å². The molecule has 0 fully saturated rings. The van der Waals surface area contributed by atoms with Crippen LogP contribution in [-0.2, 0) is 0 Å². The number of benzene rings is 3. The second kappa shape index (κ2) is 10.2. The fraction of sp³-hybridized carbons (Fsp3) is 0.125. The fourth-order valence-corrected chi connectivity index (χ4v) is 4.16. The van der Waals surface area contributed by atoms with Gasteiger partial charge >= 0.3 is 0 Å². The van der Waals surface area contributed by atoms with E-state index >= 15 is 0 Å². The lowest BCUT2D eigenvalue weighted by Crippen LogP contribution is -2.04. The Morgan fingerprint density at radius 3 is 2.25 bits per heavy atom. The highest BCUT2D eigenvalue weighted by Gasteiger charge is 2.02. The van der Waals surface area contributed by atoms with Crippen LogP contribution in [0.4, 0.5) is 5.69 Å². The average molecular weight is 406 g/mol. The van der Waals surface area contributed by atoms with Crippen LogP contribution in [0.1, 0.15) is 16.7 Å². The van der Waals surface area contributed by atoms with Crippen LogP contribution in [0, 0.1) is 20.8 Å². The maximum absolute atomic E-state index is 6.04. The lowest BCUT2D eigenvalue weighted by molar-refractivity contribution is 0.555. The standard InChI is InChI=1S/C24H23NOS2/c1-18-10-12-21(13-11-18)25-24(26-22-8-4-6-19(2)16-22)14-15-27-28-23-9-5-7-20(3)17-23/h4-17H,1-3H3/b15-14+,25-24-. The normalized spacial score (nSPS) is 11.8. The molecule has 3 rings (SSSR count). The minimum Gasteiger partial charge on any atom is -0.439 e. The van der Waals surface area contributed by atoms with Gasteiger partial charge in [-0.1, -0.05) is 63.5 Å². The van der Waals surface area contributed by atoms with Crippen LogP contribution in [0.3, 0.4) is 0 Å². The van der Waals surface area contributed by atoms with Crippen molar-refractivity contribution in [1.29, 1.82) is 0 Å². The first kappa shape index (κ1) is 20.3. The van der Waals surface area contributed by atoms with Gasteiger partial charge < -0.3 is 4.74 Å². The Kier molecular flexibility index (Phi) is 7.40. The molecule has 2 nitrogen and oxygen atoms in total. The van der Waals surface area contributed by atoms with E-state index in [1.165, 1.54) is 16.0 Å². The fourth-order valence-electron chi connectivity index (χ4n) is 2.48. The molecule has 0 saturated carbocycles. The Bertz CT molecular complexity index is 978. The molecule has 0 bridgehead atoms. The molecule has 28 heavy (non-hydrogen) atoms. The second-order valence-electron chi connectivity index (χ2n) is 6.50. The van der Waals surface area contributed by atoms with E-state index in [2.05, 4.69) is 55.2 Å². The monoisotopic (exact) mass is 405 g/mol. The third-order valence-electron chi connectivity index (χ3n) is 3.89. The van der Waals surface area contributed by atoms with Gasteiger partial charge in [0.15, 0.2) is 0 Å². The Balaban J connectivity index is 1.74. The highest BCUT2D eigenvalue weighted by Crippen LogP contribution is 2.32. The maximum atomic E-state index is 6.04. The van der Waals surface area contributed by atoms with Crippen LogP contribution in [0.2, 0.25) is 0 Å². The number of aliphatic imine (C=N–C) groups is 1. The number of rotatable bonds is 6. The third-order valence-corrected chi connectivity index (χ3v) is 5.87. The summed E-state index contributed by atoms with van der Waals surface area (Å²) in [7, 11) is 3.36. The van der Waals surface area contributed by atoms with Gasteiger partial charge in [-0.2, -0.15) is 0 Å². The summed E-state index contributed by atoms with van der Waals surface area (Å²) in [4.78, 5) is 5.90. The van der Waals surface area contributed by atoms with Crippen LogP contribution in [0.15, 0.2) is 94.2 Å². The summed E-state index contributed by atoms with van der Waals surface area (Å²) >= 11 is 0. The summed E-state index contributed by atoms with van der Waals surface area (Å²) < 4.78 is 6.04. The molecular formula is C24H23NOS2. The van der Waals surface area contributed by atoms with Crippen molar-refractivity contribution in [1.82, 2.24) is 0 Å². The minimum absolute atomic E-state index is 0.562. The van der Waals surface area contributed by atoms with Crippen LogP contribution in [0.5, 0.6) is 5.75 Å². The average Bonchev–Trinajstić information content (AvgIpc) is 2.67. The molecule has 4 heteroatoms. The number of hydrogen-bond acceptors (Lipinski definition) is 4. The number of aryl methyl sites for hydroxylation is 3. The minimum atomic E-state index is 0.562. The van der Waals surface area contributed by atoms with Crippen LogP contribution in [-0.4, -0.2) is 5.90 Å². The first-order chi connectivity index (χ1) is 13.6. The SMILES string of the molecule is Cc1ccc(/N=C(/C=C/SSc2cccc(C)c2)Oc2cccc(C)c2)cc1. The molecular weight excluding hydrogens is 382 g/mol. The summed E-state index contributed by atoms with van der Waals surface area (Å²) in [5, 5.41) is 2.01. The van der Waals surface area contributed by atoms with Gasteiger partial charge in [0.1, 0.15) is 5.75 Å². The maximum Gasteiger partial charge on any atom is 0.220 e. The zero-order chi connectivity index (χ0) is 19.8. The zero-order valence-electron chi connectivity index (χ0n) is 16.3. The van der Waals surface area contributed by atoms with Crippen molar-refractivity contribution in [3.63, 3.8) is 0 Å². The highest BCUT2D eigenvalue weighted by atomic mass is 33.1. The molecule has 0 saturated heterocycles. The summed E-state index contributed by atoms with van der Waals surface area (Å²) in [5.74, 6) is 1.35. The molecule has 0 spiro atoms. The van der Waals surface area contributed by atoms with E-state index in [4.69, 9.17) is 4.74 Å². The van der Waals surface area contributed by atoms with Crippen molar-refractivity contribution >= 4 is 33.2 Å². The van der Waals surface area contributed by atoms with Crippen molar-refractivity contribution in [2.75, 3.05) is 0 Å². The summed E-state index contributed by atoms with van der Waals surface area (Å²) in [5.41, 5.74) is 4.49. The Hall–Kier alpha value is -2.43. The van der Waals surface area contributed by atoms with Crippen molar-refractivity contribution in [2.24, 2.45) is 4.99 Å². The first-order valence-electron chi connectivity index (χ1n) is 9.05. The Labute approximate surface area is 175 Å². The predicted octanol–water partition coefficient (Wildman–Crippen LogP) is 7.68. The predicted molar refractivity (Wildman–Crippen MR) is 124 cm³/mol. The lowest BCUT2D eigenvalue weighted by atomic mass is 10.2. The molecule has 3 aromatic rings. The molecule has 0 unspecified atom stereocenters. The molecule has 0 aromatic heterocycles. The number of ether oxygens (including phenoxy) is 1. The van der Waals surface area contributed by atoms with Gasteiger partial charge in [-0.15, -0.1) is 0 Å². The molecule has 0 heterocycles. The molecule has 3 aromatic carbocycles. The summed E-state index contributed by atoms with van der Waals surface area (Å²) in [6.45, 7) is 6.22. The molecule has 0 atom stereocenters. The van der Waals surface area contributed by atoms with E-state index in [0.29, 0.717) is 5.90 Å². The quantitative estimate of drug-likeness (QED) is 0.238. The van der Waals surface area contributed by atoms with E-state index in [1.807, 2.05) is 54.8 Å². The van der Waals surface area contributed by atoms with Crippen molar-refractivity contribution in [2.45, 2.75) is 25.7 Å². The molecule has 0 amide bonds. The van der Waals surface area contributed by atoms with Crippen LogP contribution >= 0.6 is 21.6 Å². The van der Waals surface area contributed by atoms with Gasteiger partial charge in [0, 0.05) is 11.0 Å². The van der Waals surface area contributed by atoms with E-state index in [-0.39, 0.29) is 0 Å². The molecule has 0 radical (unpaired) electrons. The van der Waals surface area contributed by atoms with E-state index < -0.39 is 0 Å². The third kappa shape index (κ3) is 6.63. The van der Waals surface area contributed by atoms with Crippen LogP contribution < -0.4 is 4.74 Å². The largest absolute Gasteiger partial charge is 0.439 e. The molecule has 0 aliphatic carbocycles. The van der Waals surface area contributed by atoms with Gasteiger partial charge in [0.25, 0.3) is 0 Å². The van der Waals surface area contributed by atoms with Crippen molar-refractivity contribution in [3.05, 3.63) is 101 Å². The first-order valence-corrected chi connectivity index (χ1v) is 11.3. The highest BCUT2D eigenvalue weighted by molar-refractivity contribution is 8.77. The molecule has 142 valence electrons. The number of nitrogens with zero attached hydrogens (tertiary/aromatic N) is 1. The molecule has 0 aliphatic rings. The Morgan fingerprint density at radius 2 is 1.54 bits per heavy atom. The van der Waals surface area contributed by atoms with Crippen LogP contribution in [0.25, 0.3) is 0 Å². The summed E-state index contributed by atoms with van der Waals surface area (Å²) in [6.07, 6.45) is 1.91. The van der Waals surface area contributed by atoms with Gasteiger partial charge in [-0.25, -0.2) is 4.99 Å². The van der Waals surface area contributed by atoms with Gasteiger partial charge in [0.05, 0.1) is 5.69 Å².